The number of nitrogens with zero attached hydrogens (tertiary/aromatic N) is 6. The maximum atomic E-state index is 10.5. The van der Waals surface area contributed by atoms with Gasteiger partial charge in [-0.15, -0.1) is 0 Å². The van der Waals surface area contributed by atoms with E-state index in [-0.39, 0.29) is 12.4 Å². The third-order valence-corrected chi connectivity index (χ3v) is 8.11. The van der Waals surface area contributed by atoms with E-state index in [9.17, 15) is 9.59 Å². The van der Waals surface area contributed by atoms with E-state index in [1.807, 2.05) is 84.9 Å². The second kappa shape index (κ2) is 21.5. The van der Waals surface area contributed by atoms with Crippen molar-refractivity contribution < 1.29 is 24.2 Å². The van der Waals surface area contributed by atoms with Crippen molar-refractivity contribution >= 4 is 23.5 Å². The number of hydrogen-bond acceptors (Lipinski definition) is 10. The summed E-state index contributed by atoms with van der Waals surface area (Å²) < 4.78 is 10.7. The van der Waals surface area contributed by atoms with Crippen molar-refractivity contribution in [2.75, 3.05) is 13.2 Å². The Morgan fingerprint density at radius 2 is 1.11 bits per heavy atom. The van der Waals surface area contributed by atoms with Crippen LogP contribution in [-0.2, 0) is 14.3 Å². The maximum absolute atomic E-state index is 10.5. The van der Waals surface area contributed by atoms with E-state index in [4.69, 9.17) is 26.2 Å². The molecule has 6 aromatic rings. The zero-order valence-corrected chi connectivity index (χ0v) is 30.5. The predicted octanol–water partition coefficient (Wildman–Crippen LogP) is 9.19. The first-order chi connectivity index (χ1) is 26.4. The summed E-state index contributed by atoms with van der Waals surface area (Å²) in [5.41, 5.74) is 6.05. The third-order valence-electron chi connectivity index (χ3n) is 7.89. The number of carbonyl (C=O) groups excluding carboxylic acids is 1. The molecule has 0 amide bonds. The molecule has 7 rings (SSSR count). The highest BCUT2D eigenvalue weighted by Crippen LogP contribution is 2.27. The highest BCUT2D eigenvalue weighted by molar-refractivity contribution is 6.31. The SMILES string of the molecule is Clc1cc(-c2ccccn2)nc(-c2ccccn2)c1.O=C(O)CCCCCOc1cc(-c2ccccn2)nc(-c2ccccn2)c1.O=C1CCCCCO1. The van der Waals surface area contributed by atoms with Crippen LogP contribution in [-0.4, -0.2) is 60.2 Å². The number of rotatable bonds is 11. The minimum atomic E-state index is -0.759. The van der Waals surface area contributed by atoms with Crippen LogP contribution in [0, 0.1) is 0 Å². The number of hydrogen-bond donors (Lipinski definition) is 1. The fourth-order valence-corrected chi connectivity index (χ4v) is 5.43. The lowest BCUT2D eigenvalue weighted by atomic mass is 10.2. The largest absolute Gasteiger partial charge is 0.493 e. The summed E-state index contributed by atoms with van der Waals surface area (Å²) >= 11 is 6.15. The van der Waals surface area contributed by atoms with E-state index >= 15 is 0 Å². The zero-order valence-electron chi connectivity index (χ0n) is 29.8. The van der Waals surface area contributed by atoms with Gasteiger partial charge in [0.2, 0.25) is 0 Å². The summed E-state index contributed by atoms with van der Waals surface area (Å²) in [4.78, 5) is 47.6. The normalized spacial score (nSPS) is 12.1. The van der Waals surface area contributed by atoms with Gasteiger partial charge in [-0.05, 0) is 99.2 Å². The molecule has 11 nitrogen and oxygen atoms in total. The molecule has 0 radical (unpaired) electrons. The number of esters is 1. The highest BCUT2D eigenvalue weighted by atomic mass is 35.5. The van der Waals surface area contributed by atoms with Crippen molar-refractivity contribution in [3.05, 3.63) is 127 Å². The average molecular weight is 745 g/mol. The van der Waals surface area contributed by atoms with Gasteiger partial charge in [0, 0.05) is 54.8 Å². The molecule has 0 saturated carbocycles. The number of cyclic esters (lactones) is 1. The molecule has 0 spiro atoms. The van der Waals surface area contributed by atoms with Gasteiger partial charge >= 0.3 is 11.9 Å². The molecule has 1 N–H and O–H groups in total. The molecule has 1 aliphatic rings. The van der Waals surface area contributed by atoms with Crippen molar-refractivity contribution in [2.24, 2.45) is 0 Å². The zero-order chi connectivity index (χ0) is 37.8. The Morgan fingerprint density at radius 3 is 1.56 bits per heavy atom. The third kappa shape index (κ3) is 13.2. The number of carboxylic acids is 1. The summed E-state index contributed by atoms with van der Waals surface area (Å²) in [6, 6.07) is 30.1. The Kier molecular flexibility index (Phi) is 15.6. The molecule has 0 aliphatic carbocycles. The van der Waals surface area contributed by atoms with Crippen LogP contribution >= 0.6 is 11.6 Å². The summed E-state index contributed by atoms with van der Waals surface area (Å²) in [7, 11) is 0. The molecule has 54 heavy (non-hydrogen) atoms. The van der Waals surface area contributed by atoms with Crippen molar-refractivity contribution in [1.29, 1.82) is 0 Å². The summed E-state index contributed by atoms with van der Waals surface area (Å²) in [6.45, 7) is 1.16. The molecule has 0 atom stereocenters. The molecule has 276 valence electrons. The van der Waals surface area contributed by atoms with Crippen LogP contribution < -0.4 is 4.74 Å². The molecule has 0 aromatic carbocycles. The molecule has 0 unspecified atom stereocenters. The van der Waals surface area contributed by atoms with Crippen molar-refractivity contribution in [3.63, 3.8) is 0 Å². The maximum Gasteiger partial charge on any atom is 0.305 e. The van der Waals surface area contributed by atoms with Crippen LogP contribution in [0.15, 0.2) is 122 Å². The Bertz CT molecular complexity index is 1920. The number of ether oxygens (including phenoxy) is 2. The topological polar surface area (TPSA) is 150 Å². The molecular formula is C42H41ClN6O5. The number of carbonyl (C=O) groups is 2. The van der Waals surface area contributed by atoms with Crippen LogP contribution in [0.5, 0.6) is 5.75 Å². The smallest absolute Gasteiger partial charge is 0.305 e. The van der Waals surface area contributed by atoms with Gasteiger partial charge in [-0.3, -0.25) is 29.5 Å². The lowest BCUT2D eigenvalue weighted by molar-refractivity contribution is -0.142. The summed E-state index contributed by atoms with van der Waals surface area (Å²) in [5, 5.41) is 9.30. The Hall–Kier alpha value is -6.07. The summed E-state index contributed by atoms with van der Waals surface area (Å²) in [6.07, 6.45) is 13.2. The molecule has 7 heterocycles. The van der Waals surface area contributed by atoms with E-state index in [0.717, 1.165) is 77.7 Å². The molecule has 6 aromatic heterocycles. The van der Waals surface area contributed by atoms with Crippen molar-refractivity contribution in [2.45, 2.75) is 51.4 Å². The minimum absolute atomic E-state index is 0.0255. The first kappa shape index (κ1) is 39.1. The Labute approximate surface area is 319 Å². The van der Waals surface area contributed by atoms with Gasteiger partial charge in [-0.2, -0.15) is 0 Å². The van der Waals surface area contributed by atoms with Gasteiger partial charge < -0.3 is 14.6 Å². The summed E-state index contributed by atoms with van der Waals surface area (Å²) in [5.74, 6) is -0.0860. The second-order valence-electron chi connectivity index (χ2n) is 12.1. The lowest BCUT2D eigenvalue weighted by Crippen LogP contribution is -2.01. The fourth-order valence-electron chi connectivity index (χ4n) is 5.22. The lowest BCUT2D eigenvalue weighted by Gasteiger charge is -2.10. The van der Waals surface area contributed by atoms with Gasteiger partial charge in [0.05, 0.1) is 58.8 Å². The Balaban J connectivity index is 0.000000179. The van der Waals surface area contributed by atoms with Gasteiger partial charge in [-0.1, -0.05) is 35.9 Å². The minimum Gasteiger partial charge on any atom is -0.493 e. The Morgan fingerprint density at radius 1 is 0.630 bits per heavy atom. The monoisotopic (exact) mass is 744 g/mol. The van der Waals surface area contributed by atoms with Crippen LogP contribution in [0.25, 0.3) is 45.6 Å². The first-order valence-corrected chi connectivity index (χ1v) is 18.2. The fraction of sp³-hybridized carbons (Fsp3) is 0.238. The van der Waals surface area contributed by atoms with Crippen LogP contribution in [0.1, 0.15) is 51.4 Å². The number of unbranched alkanes of at least 4 members (excludes halogenated alkanes) is 2. The van der Waals surface area contributed by atoms with E-state index < -0.39 is 5.97 Å². The molecule has 1 saturated heterocycles. The number of pyridine rings is 6. The van der Waals surface area contributed by atoms with Crippen LogP contribution in [0.4, 0.5) is 0 Å². The van der Waals surface area contributed by atoms with Gasteiger partial charge in [-0.25, -0.2) is 9.97 Å². The van der Waals surface area contributed by atoms with Crippen molar-refractivity contribution in [3.8, 4) is 51.3 Å². The number of halogens is 1. The molecule has 1 aliphatic heterocycles. The van der Waals surface area contributed by atoms with Crippen LogP contribution in [0.3, 0.4) is 0 Å². The van der Waals surface area contributed by atoms with Gasteiger partial charge in [0.15, 0.2) is 0 Å². The van der Waals surface area contributed by atoms with E-state index in [0.29, 0.717) is 36.8 Å². The number of carboxylic acid groups (broad SMARTS) is 1. The quantitative estimate of drug-likeness (QED) is 0.0999. The molecule has 12 heteroatoms. The van der Waals surface area contributed by atoms with E-state index in [1.54, 1.807) is 36.9 Å². The van der Waals surface area contributed by atoms with Crippen molar-refractivity contribution in [1.82, 2.24) is 29.9 Å². The molecule has 1 fully saturated rings. The van der Waals surface area contributed by atoms with Crippen LogP contribution in [0.2, 0.25) is 5.02 Å². The number of aliphatic carboxylic acids is 1. The average Bonchev–Trinajstić information content (AvgIpc) is 3.48. The predicted molar refractivity (Wildman–Crippen MR) is 207 cm³/mol. The molecule has 0 bridgehead atoms. The number of aromatic nitrogens is 6. The van der Waals surface area contributed by atoms with E-state index in [2.05, 4.69) is 29.9 Å². The standard InChI is InChI=1S/C21H21N3O3.C15H10ClN3.C6H10O2/c25-21(26)10-2-1-7-13-27-16-14-19(17-8-3-5-11-22-17)24-20(15-16)18-9-4-6-12-23-18;16-11-9-14(12-5-1-3-7-17-12)19-15(10-11)13-6-2-4-8-18-13;7-6-4-2-1-3-5-8-6/h3-6,8-9,11-12,14-15H,1-2,7,10,13H2,(H,25,26);1-10H;1-5H2. The second-order valence-corrected chi connectivity index (χ2v) is 12.5. The van der Waals surface area contributed by atoms with Gasteiger partial charge in [0.25, 0.3) is 0 Å². The molecular weight excluding hydrogens is 704 g/mol. The van der Waals surface area contributed by atoms with E-state index in [1.165, 1.54) is 0 Å². The highest BCUT2D eigenvalue weighted by Gasteiger charge is 2.11. The van der Waals surface area contributed by atoms with Gasteiger partial charge in [0.1, 0.15) is 5.75 Å². The first-order valence-electron chi connectivity index (χ1n) is 17.8.